The van der Waals surface area contributed by atoms with Crippen LogP contribution < -0.4 is 10.9 Å². The lowest BCUT2D eigenvalue weighted by atomic mass is 10.2. The Kier molecular flexibility index (Phi) is 4.79. The summed E-state index contributed by atoms with van der Waals surface area (Å²) in [5.41, 5.74) is 0.783. The number of hydrogen-bond acceptors (Lipinski definition) is 6. The molecule has 2 aromatic rings. The van der Waals surface area contributed by atoms with Crippen molar-refractivity contribution < 1.29 is 9.90 Å². The van der Waals surface area contributed by atoms with Crippen LogP contribution in [-0.4, -0.2) is 39.9 Å². The Morgan fingerprint density at radius 2 is 2.25 bits per heavy atom. The quantitative estimate of drug-likeness (QED) is 0.561. The van der Waals surface area contributed by atoms with Crippen LogP contribution in [0.15, 0.2) is 9.95 Å². The van der Waals surface area contributed by atoms with Crippen LogP contribution >= 0.6 is 23.1 Å². The summed E-state index contributed by atoms with van der Waals surface area (Å²) in [6.07, 6.45) is 0. The van der Waals surface area contributed by atoms with Crippen LogP contribution in [0, 0.1) is 13.8 Å². The normalized spacial score (nSPS) is 10.9. The van der Waals surface area contributed by atoms with Gasteiger partial charge in [-0.3, -0.25) is 9.59 Å². The van der Waals surface area contributed by atoms with Crippen LogP contribution in [0.25, 0.3) is 10.2 Å². The van der Waals surface area contributed by atoms with Gasteiger partial charge in [0.2, 0.25) is 5.91 Å². The number of rotatable bonds is 5. The minimum Gasteiger partial charge on any atom is -0.395 e. The third-order valence-electron chi connectivity index (χ3n) is 2.79. The Labute approximate surface area is 123 Å². The molecule has 108 valence electrons. The fraction of sp³-hybridized carbons (Fsp3) is 0.417. The van der Waals surface area contributed by atoms with E-state index in [1.165, 1.54) is 23.1 Å². The van der Waals surface area contributed by atoms with Gasteiger partial charge in [0.25, 0.3) is 5.56 Å². The second-order valence-corrected chi connectivity index (χ2v) is 6.36. The van der Waals surface area contributed by atoms with Gasteiger partial charge >= 0.3 is 0 Å². The van der Waals surface area contributed by atoms with E-state index in [0.29, 0.717) is 15.4 Å². The average molecular weight is 313 g/mol. The lowest BCUT2D eigenvalue weighted by Crippen LogP contribution is -2.28. The second-order valence-electron chi connectivity index (χ2n) is 4.20. The molecule has 3 N–H and O–H groups in total. The monoisotopic (exact) mass is 313 g/mol. The molecule has 0 aliphatic carbocycles. The smallest absolute Gasteiger partial charge is 0.260 e. The zero-order valence-electron chi connectivity index (χ0n) is 11.1. The summed E-state index contributed by atoms with van der Waals surface area (Å²) in [4.78, 5) is 32.3. The van der Waals surface area contributed by atoms with Crippen molar-refractivity contribution in [2.75, 3.05) is 18.9 Å². The van der Waals surface area contributed by atoms with Crippen molar-refractivity contribution in [1.29, 1.82) is 0 Å². The van der Waals surface area contributed by atoms with Gasteiger partial charge in [0.1, 0.15) is 4.83 Å². The number of aryl methyl sites for hydroxylation is 2. The van der Waals surface area contributed by atoms with E-state index >= 15 is 0 Å². The van der Waals surface area contributed by atoms with E-state index < -0.39 is 0 Å². The molecule has 8 heteroatoms. The number of aliphatic hydroxyl groups is 1. The number of amides is 1. The predicted molar refractivity (Wildman–Crippen MR) is 80.5 cm³/mol. The molecule has 2 heterocycles. The molecule has 0 spiro atoms. The molecule has 2 aromatic heterocycles. The molecule has 0 saturated carbocycles. The van der Waals surface area contributed by atoms with Gasteiger partial charge in [-0.1, -0.05) is 11.8 Å². The Hall–Kier alpha value is -1.38. The Bertz CT molecular complexity index is 693. The first-order chi connectivity index (χ1) is 9.52. The number of aromatic nitrogens is 2. The summed E-state index contributed by atoms with van der Waals surface area (Å²) in [5, 5.41) is 12.2. The van der Waals surface area contributed by atoms with E-state index in [2.05, 4.69) is 15.3 Å². The van der Waals surface area contributed by atoms with Gasteiger partial charge in [-0.2, -0.15) is 0 Å². The van der Waals surface area contributed by atoms with Crippen LogP contribution in [-0.2, 0) is 4.79 Å². The fourth-order valence-electron chi connectivity index (χ4n) is 1.68. The van der Waals surface area contributed by atoms with Crippen molar-refractivity contribution in [1.82, 2.24) is 15.3 Å². The number of fused-ring (bicyclic) bond motifs is 1. The molecule has 0 fully saturated rings. The molecule has 0 bridgehead atoms. The molecule has 0 radical (unpaired) electrons. The summed E-state index contributed by atoms with van der Waals surface area (Å²) in [5.74, 6) is -0.0528. The van der Waals surface area contributed by atoms with Crippen LogP contribution in [0.2, 0.25) is 0 Å². The third-order valence-corrected chi connectivity index (χ3v) is 4.77. The number of aromatic amines is 1. The summed E-state index contributed by atoms with van der Waals surface area (Å²) >= 11 is 2.65. The summed E-state index contributed by atoms with van der Waals surface area (Å²) in [7, 11) is 0. The highest BCUT2D eigenvalue weighted by Crippen LogP contribution is 2.27. The van der Waals surface area contributed by atoms with Gasteiger partial charge in [0, 0.05) is 11.4 Å². The highest BCUT2D eigenvalue weighted by Gasteiger charge is 2.12. The largest absolute Gasteiger partial charge is 0.395 e. The molecule has 20 heavy (non-hydrogen) atoms. The van der Waals surface area contributed by atoms with E-state index in [0.717, 1.165) is 10.4 Å². The van der Waals surface area contributed by atoms with Crippen LogP contribution in [0.1, 0.15) is 10.4 Å². The van der Waals surface area contributed by atoms with Gasteiger partial charge in [-0.15, -0.1) is 11.3 Å². The van der Waals surface area contributed by atoms with E-state index in [1.807, 2.05) is 13.8 Å². The van der Waals surface area contributed by atoms with Crippen LogP contribution in [0.4, 0.5) is 0 Å². The number of carbonyl (C=O) groups is 1. The fourth-order valence-corrected chi connectivity index (χ4v) is 3.46. The highest BCUT2D eigenvalue weighted by atomic mass is 32.2. The zero-order chi connectivity index (χ0) is 14.7. The van der Waals surface area contributed by atoms with E-state index in [-0.39, 0.29) is 30.4 Å². The molecule has 0 unspecified atom stereocenters. The minimum absolute atomic E-state index is 0.0921. The van der Waals surface area contributed by atoms with E-state index in [1.54, 1.807) is 0 Å². The second kappa shape index (κ2) is 6.38. The van der Waals surface area contributed by atoms with Crippen molar-refractivity contribution in [2.45, 2.75) is 19.0 Å². The van der Waals surface area contributed by atoms with Gasteiger partial charge in [0.15, 0.2) is 5.16 Å². The first kappa shape index (κ1) is 15.0. The molecule has 6 nitrogen and oxygen atoms in total. The molecular formula is C12H15N3O3S2. The summed E-state index contributed by atoms with van der Waals surface area (Å²) in [6.45, 7) is 3.99. The number of nitrogens with one attached hydrogen (secondary N) is 2. The van der Waals surface area contributed by atoms with Crippen molar-refractivity contribution in [3.8, 4) is 0 Å². The lowest BCUT2D eigenvalue weighted by molar-refractivity contribution is -0.118. The molecular weight excluding hydrogens is 298 g/mol. The maximum Gasteiger partial charge on any atom is 0.260 e. The molecule has 0 aliphatic heterocycles. The van der Waals surface area contributed by atoms with Gasteiger partial charge < -0.3 is 15.4 Å². The van der Waals surface area contributed by atoms with E-state index in [9.17, 15) is 9.59 Å². The third kappa shape index (κ3) is 3.20. The number of nitrogens with zero attached hydrogens (tertiary/aromatic N) is 1. The number of hydrogen-bond donors (Lipinski definition) is 3. The molecule has 1 amide bonds. The van der Waals surface area contributed by atoms with Gasteiger partial charge in [0.05, 0.1) is 17.7 Å². The lowest BCUT2D eigenvalue weighted by Gasteiger charge is -2.02. The molecule has 0 aromatic carbocycles. The summed E-state index contributed by atoms with van der Waals surface area (Å²) in [6, 6.07) is 0. The van der Waals surface area contributed by atoms with Crippen LogP contribution in [0.5, 0.6) is 0 Å². The number of carbonyl (C=O) groups excluding carboxylic acids is 1. The van der Waals surface area contributed by atoms with Crippen molar-refractivity contribution in [3.63, 3.8) is 0 Å². The first-order valence-electron chi connectivity index (χ1n) is 6.03. The number of thiophene rings is 1. The Balaban J connectivity index is 2.16. The zero-order valence-corrected chi connectivity index (χ0v) is 12.8. The Morgan fingerprint density at radius 1 is 1.50 bits per heavy atom. The molecule has 0 atom stereocenters. The van der Waals surface area contributed by atoms with Gasteiger partial charge in [-0.05, 0) is 19.4 Å². The topological polar surface area (TPSA) is 95.1 Å². The maximum atomic E-state index is 12.0. The molecule has 0 saturated heterocycles. The average Bonchev–Trinajstić information content (AvgIpc) is 2.69. The molecule has 2 rings (SSSR count). The van der Waals surface area contributed by atoms with Gasteiger partial charge in [-0.25, -0.2) is 4.98 Å². The van der Waals surface area contributed by atoms with E-state index in [4.69, 9.17) is 5.11 Å². The summed E-state index contributed by atoms with van der Waals surface area (Å²) < 4.78 is 0. The highest BCUT2D eigenvalue weighted by molar-refractivity contribution is 7.99. The predicted octanol–water partition coefficient (Wildman–Crippen LogP) is 0.802. The number of H-pyrrole nitrogens is 1. The van der Waals surface area contributed by atoms with Crippen molar-refractivity contribution in [2.24, 2.45) is 0 Å². The maximum absolute atomic E-state index is 12.0. The Morgan fingerprint density at radius 3 is 2.95 bits per heavy atom. The number of thioether (sulfide) groups is 1. The first-order valence-corrected chi connectivity index (χ1v) is 7.83. The number of aliphatic hydroxyl groups excluding tert-OH is 1. The minimum atomic E-state index is -0.203. The standard InChI is InChI=1S/C12H15N3O3S2/c1-6-7(2)20-11-9(6)10(18)14-12(15-11)19-5-8(17)13-3-4-16/h16H,3-5H2,1-2H3,(H,13,17)(H,14,15,18). The van der Waals surface area contributed by atoms with Crippen LogP contribution in [0.3, 0.4) is 0 Å². The van der Waals surface area contributed by atoms with Crippen molar-refractivity contribution in [3.05, 3.63) is 20.8 Å². The molecule has 0 aliphatic rings. The van der Waals surface area contributed by atoms with Crippen molar-refractivity contribution >= 4 is 39.2 Å². The SMILES string of the molecule is Cc1sc2nc(SCC(=O)NCCO)[nH]c(=O)c2c1C.